The molecule has 0 radical (unpaired) electrons. The summed E-state index contributed by atoms with van der Waals surface area (Å²) in [4.78, 5) is 12.2. The molecule has 2 nitrogen and oxygen atoms in total. The number of hydrogen-bond donors (Lipinski definition) is 0. The fraction of sp³-hybridized carbons (Fsp3) is 0.938. The maximum atomic E-state index is 12.2. The highest BCUT2D eigenvalue weighted by atomic mass is 16.6. The highest BCUT2D eigenvalue weighted by Gasteiger charge is 2.50. The van der Waals surface area contributed by atoms with Gasteiger partial charge in [0.25, 0.3) is 0 Å². The monoisotopic (exact) mass is 252 g/mol. The first-order valence-corrected chi connectivity index (χ1v) is 7.42. The van der Waals surface area contributed by atoms with E-state index in [-0.39, 0.29) is 22.9 Å². The number of ether oxygens (including phenoxy) is 1. The molecule has 2 bridgehead atoms. The van der Waals surface area contributed by atoms with Gasteiger partial charge in [0.2, 0.25) is 0 Å². The third-order valence-electron chi connectivity index (χ3n) is 4.75. The first-order chi connectivity index (χ1) is 8.20. The lowest BCUT2D eigenvalue weighted by Gasteiger charge is -2.35. The highest BCUT2D eigenvalue weighted by Crippen LogP contribution is 2.52. The smallest absolute Gasteiger partial charge is 0.309 e. The van der Waals surface area contributed by atoms with Gasteiger partial charge in [-0.2, -0.15) is 0 Å². The van der Waals surface area contributed by atoms with Gasteiger partial charge < -0.3 is 4.74 Å². The van der Waals surface area contributed by atoms with Gasteiger partial charge in [0.15, 0.2) is 0 Å². The molecule has 2 aliphatic rings. The molecule has 0 aliphatic heterocycles. The molecule has 0 aromatic heterocycles. The van der Waals surface area contributed by atoms with Gasteiger partial charge in [-0.3, -0.25) is 4.79 Å². The summed E-state index contributed by atoms with van der Waals surface area (Å²) in [7, 11) is 0. The molecule has 0 saturated heterocycles. The minimum Gasteiger partial charge on any atom is -0.459 e. The molecule has 2 heteroatoms. The van der Waals surface area contributed by atoms with Crippen molar-refractivity contribution in [3.05, 3.63) is 0 Å². The predicted molar refractivity (Wildman–Crippen MR) is 73.2 cm³/mol. The zero-order chi connectivity index (χ0) is 13.6. The zero-order valence-electron chi connectivity index (χ0n) is 12.6. The normalized spacial score (nSPS) is 36.7. The molecule has 0 aromatic rings. The first-order valence-electron chi connectivity index (χ1n) is 7.42. The van der Waals surface area contributed by atoms with Crippen LogP contribution in [-0.4, -0.2) is 11.6 Å². The van der Waals surface area contributed by atoms with Crippen LogP contribution < -0.4 is 0 Å². The number of carbonyl (C=O) groups excluding carboxylic acids is 1. The van der Waals surface area contributed by atoms with Crippen molar-refractivity contribution < 1.29 is 9.53 Å². The second kappa shape index (κ2) is 4.54. The van der Waals surface area contributed by atoms with E-state index < -0.39 is 0 Å². The van der Waals surface area contributed by atoms with E-state index in [4.69, 9.17) is 4.74 Å². The second-order valence-electron chi connectivity index (χ2n) is 7.98. The van der Waals surface area contributed by atoms with E-state index in [1.54, 1.807) is 0 Å². The Kier molecular flexibility index (Phi) is 3.50. The average Bonchev–Trinajstić information content (AvgIpc) is 2.73. The van der Waals surface area contributed by atoms with E-state index in [0.717, 1.165) is 18.8 Å². The molecule has 4 unspecified atom stereocenters. The zero-order valence-corrected chi connectivity index (χ0v) is 12.6. The third-order valence-corrected chi connectivity index (χ3v) is 4.75. The van der Waals surface area contributed by atoms with Crippen molar-refractivity contribution in [2.24, 2.45) is 23.2 Å². The molecular formula is C16H28O2. The van der Waals surface area contributed by atoms with E-state index in [2.05, 4.69) is 27.7 Å². The average molecular weight is 252 g/mol. The summed E-state index contributed by atoms with van der Waals surface area (Å²) < 4.78 is 5.90. The summed E-state index contributed by atoms with van der Waals surface area (Å²) in [6, 6.07) is 0. The van der Waals surface area contributed by atoms with Crippen LogP contribution in [0.1, 0.15) is 66.7 Å². The van der Waals surface area contributed by atoms with Gasteiger partial charge in [0, 0.05) is 0 Å². The van der Waals surface area contributed by atoms with Gasteiger partial charge in [0.05, 0.1) is 5.92 Å². The quantitative estimate of drug-likeness (QED) is 0.704. The molecule has 0 spiro atoms. The minimum atomic E-state index is -0.161. The van der Waals surface area contributed by atoms with Crippen LogP contribution in [0.25, 0.3) is 0 Å². The Labute approximate surface area is 111 Å². The van der Waals surface area contributed by atoms with Crippen molar-refractivity contribution in [2.45, 2.75) is 72.3 Å². The van der Waals surface area contributed by atoms with Gasteiger partial charge in [-0.05, 0) is 56.3 Å². The van der Waals surface area contributed by atoms with Crippen LogP contribution in [0.5, 0.6) is 0 Å². The summed E-state index contributed by atoms with van der Waals surface area (Å²) in [5, 5.41) is 0. The van der Waals surface area contributed by atoms with Gasteiger partial charge in [0.1, 0.15) is 5.60 Å². The van der Waals surface area contributed by atoms with Crippen LogP contribution >= 0.6 is 0 Å². The number of esters is 1. The van der Waals surface area contributed by atoms with E-state index in [1.165, 1.54) is 19.3 Å². The summed E-state index contributed by atoms with van der Waals surface area (Å²) in [6.07, 6.45) is 5.86. The Morgan fingerprint density at radius 1 is 1.39 bits per heavy atom. The van der Waals surface area contributed by atoms with E-state index in [0.29, 0.717) is 5.92 Å². The van der Waals surface area contributed by atoms with Crippen LogP contribution in [0.15, 0.2) is 0 Å². The van der Waals surface area contributed by atoms with E-state index in [1.807, 2.05) is 6.92 Å². The molecule has 2 fully saturated rings. The van der Waals surface area contributed by atoms with Crippen LogP contribution in [0.2, 0.25) is 0 Å². The molecule has 2 aliphatic carbocycles. The first kappa shape index (κ1) is 13.9. The van der Waals surface area contributed by atoms with E-state index in [9.17, 15) is 4.79 Å². The standard InChI is InChI=1S/C16H28O2/c1-11(9-15(2,3)4)14(17)18-16(5)10-12-6-7-13(16)8-12/h11-13H,6-10H2,1-5H3. The van der Waals surface area contributed by atoms with Crippen LogP contribution in [0, 0.1) is 23.2 Å². The Morgan fingerprint density at radius 3 is 2.50 bits per heavy atom. The van der Waals surface area contributed by atoms with Gasteiger partial charge in [-0.25, -0.2) is 0 Å². The summed E-state index contributed by atoms with van der Waals surface area (Å²) in [6.45, 7) is 10.7. The van der Waals surface area contributed by atoms with Crippen LogP contribution in [0.3, 0.4) is 0 Å². The van der Waals surface area contributed by atoms with E-state index >= 15 is 0 Å². The highest BCUT2D eigenvalue weighted by molar-refractivity contribution is 5.72. The molecule has 4 atom stereocenters. The van der Waals surface area contributed by atoms with Gasteiger partial charge in [-0.15, -0.1) is 0 Å². The molecule has 2 saturated carbocycles. The van der Waals surface area contributed by atoms with Crippen LogP contribution in [-0.2, 0) is 9.53 Å². The SMILES string of the molecule is CC(CC(C)(C)C)C(=O)OC1(C)CC2CCC1C2. The van der Waals surface area contributed by atoms with Crippen molar-refractivity contribution in [1.29, 1.82) is 0 Å². The fourth-order valence-corrected chi connectivity index (χ4v) is 4.01. The number of rotatable bonds is 3. The molecular weight excluding hydrogens is 224 g/mol. The lowest BCUT2D eigenvalue weighted by molar-refractivity contribution is -0.168. The molecule has 0 N–H and O–H groups in total. The Morgan fingerprint density at radius 2 is 2.06 bits per heavy atom. The molecule has 0 aromatic carbocycles. The van der Waals surface area contributed by atoms with Gasteiger partial charge >= 0.3 is 5.97 Å². The minimum absolute atomic E-state index is 0.0139. The lowest BCUT2D eigenvalue weighted by atomic mass is 9.84. The van der Waals surface area contributed by atoms with Crippen molar-refractivity contribution in [2.75, 3.05) is 0 Å². The van der Waals surface area contributed by atoms with Gasteiger partial charge in [-0.1, -0.05) is 27.7 Å². The maximum absolute atomic E-state index is 12.2. The number of carbonyl (C=O) groups is 1. The second-order valence-corrected chi connectivity index (χ2v) is 7.98. The molecule has 18 heavy (non-hydrogen) atoms. The summed E-state index contributed by atoms with van der Waals surface area (Å²) in [5.41, 5.74) is 0.0279. The molecule has 104 valence electrons. The van der Waals surface area contributed by atoms with Crippen molar-refractivity contribution in [3.63, 3.8) is 0 Å². The van der Waals surface area contributed by atoms with Crippen molar-refractivity contribution >= 4 is 5.97 Å². The third kappa shape index (κ3) is 2.89. The molecule has 0 amide bonds. The fourth-order valence-electron chi connectivity index (χ4n) is 4.01. The topological polar surface area (TPSA) is 26.3 Å². The lowest BCUT2D eigenvalue weighted by Crippen LogP contribution is -2.39. The summed E-state index contributed by atoms with van der Waals surface area (Å²) >= 11 is 0. The maximum Gasteiger partial charge on any atom is 0.309 e. The Bertz CT molecular complexity index is 328. The molecule has 0 heterocycles. The summed E-state index contributed by atoms with van der Waals surface area (Å²) in [5.74, 6) is 1.46. The largest absolute Gasteiger partial charge is 0.459 e. The predicted octanol–water partition coefficient (Wildman–Crippen LogP) is 4.18. The number of fused-ring (bicyclic) bond motifs is 2. The Balaban J connectivity index is 1.91. The molecule has 2 rings (SSSR count). The Hall–Kier alpha value is -0.530. The van der Waals surface area contributed by atoms with Crippen molar-refractivity contribution in [1.82, 2.24) is 0 Å². The number of hydrogen-bond acceptors (Lipinski definition) is 2. The van der Waals surface area contributed by atoms with Crippen LogP contribution in [0.4, 0.5) is 0 Å². The van der Waals surface area contributed by atoms with Crippen molar-refractivity contribution in [3.8, 4) is 0 Å².